The maximum Gasteiger partial charge on any atom is 0.388 e. The third-order valence-electron chi connectivity index (χ3n) is 5.36. The van der Waals surface area contributed by atoms with E-state index in [-0.39, 0.29) is 29.4 Å². The van der Waals surface area contributed by atoms with Gasteiger partial charge < -0.3 is 15.8 Å². The first-order chi connectivity index (χ1) is 14.7. The van der Waals surface area contributed by atoms with Crippen LogP contribution in [0.2, 0.25) is 0 Å². The van der Waals surface area contributed by atoms with E-state index in [2.05, 4.69) is 15.0 Å². The fraction of sp³-hybridized carbons (Fsp3) is 0.409. The van der Waals surface area contributed by atoms with E-state index in [4.69, 9.17) is 5.73 Å². The van der Waals surface area contributed by atoms with Crippen molar-refractivity contribution in [3.63, 3.8) is 0 Å². The summed E-state index contributed by atoms with van der Waals surface area (Å²) in [5, 5.41) is 2.65. The van der Waals surface area contributed by atoms with Crippen LogP contribution in [0, 0.1) is 12.8 Å². The highest BCUT2D eigenvalue weighted by molar-refractivity contribution is 6.03. The van der Waals surface area contributed by atoms with E-state index >= 15 is 0 Å². The number of anilines is 2. The molecule has 0 bridgehead atoms. The lowest BCUT2D eigenvalue weighted by molar-refractivity contribution is -0.124. The van der Waals surface area contributed by atoms with Gasteiger partial charge in [0.1, 0.15) is 5.69 Å². The molecule has 1 aromatic carbocycles. The summed E-state index contributed by atoms with van der Waals surface area (Å²) >= 11 is 0. The number of nitrogens with one attached hydrogen (secondary N) is 1. The molecule has 0 radical (unpaired) electrons. The van der Waals surface area contributed by atoms with Crippen molar-refractivity contribution in [1.82, 2.24) is 4.98 Å². The highest BCUT2D eigenvalue weighted by Gasteiger charge is 2.40. The lowest BCUT2D eigenvalue weighted by Gasteiger charge is -2.42. The Morgan fingerprint density at radius 3 is 2.48 bits per heavy atom. The van der Waals surface area contributed by atoms with Gasteiger partial charge in [0.05, 0.1) is 0 Å². The highest BCUT2D eigenvalue weighted by Crippen LogP contribution is 2.38. The molecule has 0 spiro atoms. The second kappa shape index (κ2) is 9.28. The van der Waals surface area contributed by atoms with Crippen LogP contribution >= 0.6 is 0 Å². The number of para-hydroxylation sites is 1. The van der Waals surface area contributed by atoms with Crippen molar-refractivity contribution in [2.75, 3.05) is 10.2 Å². The number of hydrogen-bond donors (Lipinski definition) is 2. The predicted octanol–water partition coefficient (Wildman–Crippen LogP) is 4.42. The standard InChI is InChI=1S/C22H26F2N4O3/c1-12(2)16-6-4-5-7-18(16)28(15-10-14(11-15)19(25)29)22(30)27-17-9-8-13(3)26-20(17)31-21(23)24/h4-9,12,14-15,21H,10-11H2,1-3H3,(H2,25,29)(H,27,30). The van der Waals surface area contributed by atoms with Gasteiger partial charge in [0.25, 0.3) is 0 Å². The molecule has 166 valence electrons. The molecule has 3 N–H and O–H groups in total. The zero-order chi connectivity index (χ0) is 22.7. The Morgan fingerprint density at radius 2 is 1.87 bits per heavy atom. The average Bonchev–Trinajstić information content (AvgIpc) is 2.65. The van der Waals surface area contributed by atoms with Crippen molar-refractivity contribution in [3.05, 3.63) is 47.7 Å². The van der Waals surface area contributed by atoms with Gasteiger partial charge >= 0.3 is 12.6 Å². The molecule has 0 saturated heterocycles. The lowest BCUT2D eigenvalue weighted by Crippen LogP contribution is -2.52. The molecule has 1 aromatic heterocycles. The molecular formula is C22H26F2N4O3. The second-order valence-corrected chi connectivity index (χ2v) is 7.92. The SMILES string of the molecule is Cc1ccc(NC(=O)N(c2ccccc2C(C)C)C2CC(C(N)=O)C2)c(OC(F)F)n1. The molecule has 0 atom stereocenters. The first-order valence-corrected chi connectivity index (χ1v) is 10.1. The number of amides is 3. The number of aryl methyl sites for hydroxylation is 1. The Balaban J connectivity index is 1.94. The molecule has 1 fully saturated rings. The van der Waals surface area contributed by atoms with Crippen LogP contribution in [-0.4, -0.2) is 29.6 Å². The summed E-state index contributed by atoms with van der Waals surface area (Å²) in [7, 11) is 0. The van der Waals surface area contributed by atoms with Gasteiger partial charge in [-0.25, -0.2) is 9.78 Å². The normalized spacial score (nSPS) is 17.9. The van der Waals surface area contributed by atoms with Gasteiger partial charge in [-0.3, -0.25) is 9.69 Å². The fourth-order valence-corrected chi connectivity index (χ4v) is 3.68. The number of ether oxygens (including phenoxy) is 1. The summed E-state index contributed by atoms with van der Waals surface area (Å²) in [4.78, 5) is 30.4. The van der Waals surface area contributed by atoms with Crippen molar-refractivity contribution < 1.29 is 23.1 Å². The minimum atomic E-state index is -3.08. The van der Waals surface area contributed by atoms with E-state index in [1.807, 2.05) is 38.1 Å². The van der Waals surface area contributed by atoms with Crippen LogP contribution in [0.15, 0.2) is 36.4 Å². The molecule has 1 heterocycles. The van der Waals surface area contributed by atoms with Crippen LogP contribution in [0.25, 0.3) is 0 Å². The van der Waals surface area contributed by atoms with Crippen LogP contribution in [0.4, 0.5) is 25.0 Å². The van der Waals surface area contributed by atoms with Crippen molar-refractivity contribution in [2.45, 2.75) is 52.2 Å². The topological polar surface area (TPSA) is 97.6 Å². The first-order valence-electron chi connectivity index (χ1n) is 10.1. The number of hydrogen-bond acceptors (Lipinski definition) is 4. The number of urea groups is 1. The van der Waals surface area contributed by atoms with Crippen LogP contribution in [0.5, 0.6) is 5.88 Å². The fourth-order valence-electron chi connectivity index (χ4n) is 3.68. The number of alkyl halides is 2. The summed E-state index contributed by atoms with van der Waals surface area (Å²) in [5.74, 6) is -0.921. The van der Waals surface area contributed by atoms with Gasteiger partial charge in [0.15, 0.2) is 0 Å². The Labute approximate surface area is 179 Å². The van der Waals surface area contributed by atoms with E-state index in [9.17, 15) is 18.4 Å². The molecule has 0 aliphatic heterocycles. The number of benzene rings is 1. The van der Waals surface area contributed by atoms with Gasteiger partial charge in [0, 0.05) is 23.3 Å². The lowest BCUT2D eigenvalue weighted by atomic mass is 9.78. The quantitative estimate of drug-likeness (QED) is 0.677. The average molecular weight is 432 g/mol. The minimum absolute atomic E-state index is 0.0358. The van der Waals surface area contributed by atoms with E-state index in [1.54, 1.807) is 17.9 Å². The van der Waals surface area contributed by atoms with Crippen LogP contribution in [0.3, 0.4) is 0 Å². The molecule has 1 aliphatic rings. The largest absolute Gasteiger partial charge is 0.415 e. The smallest absolute Gasteiger partial charge is 0.388 e. The zero-order valence-electron chi connectivity index (χ0n) is 17.6. The molecule has 0 unspecified atom stereocenters. The Morgan fingerprint density at radius 1 is 1.19 bits per heavy atom. The third kappa shape index (κ3) is 5.10. The van der Waals surface area contributed by atoms with Crippen LogP contribution < -0.4 is 20.7 Å². The Hall–Kier alpha value is -3.23. The van der Waals surface area contributed by atoms with E-state index < -0.39 is 18.5 Å². The van der Waals surface area contributed by atoms with Crippen molar-refractivity contribution >= 4 is 23.3 Å². The highest BCUT2D eigenvalue weighted by atomic mass is 19.3. The van der Waals surface area contributed by atoms with Gasteiger partial charge in [-0.05, 0) is 49.4 Å². The number of pyridine rings is 1. The molecule has 31 heavy (non-hydrogen) atoms. The summed E-state index contributed by atoms with van der Waals surface area (Å²) < 4.78 is 30.1. The monoisotopic (exact) mass is 432 g/mol. The Bertz CT molecular complexity index is 962. The number of carbonyl (C=O) groups excluding carboxylic acids is 2. The molecule has 7 nitrogen and oxygen atoms in total. The van der Waals surface area contributed by atoms with E-state index in [0.717, 1.165) is 5.56 Å². The summed E-state index contributed by atoms with van der Waals surface area (Å²) in [6, 6.07) is 9.76. The van der Waals surface area contributed by atoms with Crippen LogP contribution in [0.1, 0.15) is 43.9 Å². The summed E-state index contributed by atoms with van der Waals surface area (Å²) in [6.07, 6.45) is 0.865. The number of nitrogens with zero attached hydrogens (tertiary/aromatic N) is 2. The minimum Gasteiger partial charge on any atom is -0.415 e. The number of primary amides is 1. The molecule has 2 aromatic rings. The number of carbonyl (C=O) groups is 2. The molecule has 9 heteroatoms. The van der Waals surface area contributed by atoms with Crippen LogP contribution in [-0.2, 0) is 4.79 Å². The number of halogens is 2. The number of nitrogens with two attached hydrogens (primary N) is 1. The number of rotatable bonds is 7. The third-order valence-corrected chi connectivity index (χ3v) is 5.36. The van der Waals surface area contributed by atoms with Crippen molar-refractivity contribution in [1.29, 1.82) is 0 Å². The molecule has 1 saturated carbocycles. The van der Waals surface area contributed by atoms with Crippen molar-refractivity contribution in [3.8, 4) is 5.88 Å². The molecule has 1 aliphatic carbocycles. The van der Waals surface area contributed by atoms with Gasteiger partial charge in [0.2, 0.25) is 11.8 Å². The Kier molecular flexibility index (Phi) is 6.72. The first kappa shape index (κ1) is 22.5. The van der Waals surface area contributed by atoms with Crippen molar-refractivity contribution in [2.24, 2.45) is 11.7 Å². The maximum absolute atomic E-state index is 13.3. The summed E-state index contributed by atoms with van der Waals surface area (Å²) in [6.45, 7) is 2.58. The van der Waals surface area contributed by atoms with Gasteiger partial charge in [-0.2, -0.15) is 8.78 Å². The molecule has 3 amide bonds. The molecular weight excluding hydrogens is 406 g/mol. The number of aromatic nitrogens is 1. The van der Waals surface area contributed by atoms with E-state index in [0.29, 0.717) is 24.2 Å². The summed E-state index contributed by atoms with van der Waals surface area (Å²) in [5.41, 5.74) is 7.55. The van der Waals surface area contributed by atoms with Gasteiger partial charge in [-0.1, -0.05) is 32.0 Å². The maximum atomic E-state index is 13.3. The second-order valence-electron chi connectivity index (χ2n) is 7.92. The predicted molar refractivity (Wildman–Crippen MR) is 113 cm³/mol. The van der Waals surface area contributed by atoms with Gasteiger partial charge in [-0.15, -0.1) is 0 Å². The molecule has 3 rings (SSSR count). The zero-order valence-corrected chi connectivity index (χ0v) is 17.6. The van der Waals surface area contributed by atoms with E-state index in [1.165, 1.54) is 6.07 Å².